The van der Waals surface area contributed by atoms with Crippen LogP contribution in [0.25, 0.3) is 0 Å². The van der Waals surface area contributed by atoms with Crippen molar-refractivity contribution in [3.05, 3.63) is 53.6 Å². The SMILES string of the molecule is COc1cc(C(=O)N2CCC2)cc(OC)c1OCc1ccccc1. The zero-order chi connectivity index (χ0) is 16.9. The molecule has 1 amide bonds. The fourth-order valence-electron chi connectivity index (χ4n) is 2.58. The summed E-state index contributed by atoms with van der Waals surface area (Å²) in [5.74, 6) is 1.49. The summed E-state index contributed by atoms with van der Waals surface area (Å²) in [6.07, 6.45) is 1.05. The van der Waals surface area contributed by atoms with Crippen LogP contribution in [0.2, 0.25) is 0 Å². The number of ether oxygens (including phenoxy) is 3. The summed E-state index contributed by atoms with van der Waals surface area (Å²) in [5, 5.41) is 0. The van der Waals surface area contributed by atoms with Gasteiger partial charge in [-0.2, -0.15) is 0 Å². The molecule has 2 aromatic rings. The predicted octanol–water partition coefficient (Wildman–Crippen LogP) is 3.13. The fourth-order valence-corrected chi connectivity index (χ4v) is 2.58. The van der Waals surface area contributed by atoms with Gasteiger partial charge in [0.05, 0.1) is 14.2 Å². The van der Waals surface area contributed by atoms with E-state index in [1.165, 1.54) is 0 Å². The lowest BCUT2D eigenvalue weighted by molar-refractivity contribution is 0.0651. The summed E-state index contributed by atoms with van der Waals surface area (Å²) in [7, 11) is 3.12. The molecule has 0 radical (unpaired) electrons. The van der Waals surface area contributed by atoms with Gasteiger partial charge in [-0.05, 0) is 24.1 Å². The summed E-state index contributed by atoms with van der Waals surface area (Å²) in [4.78, 5) is 14.2. The molecule has 0 bridgehead atoms. The van der Waals surface area contributed by atoms with Gasteiger partial charge in [-0.15, -0.1) is 0 Å². The van der Waals surface area contributed by atoms with Gasteiger partial charge in [-0.1, -0.05) is 30.3 Å². The van der Waals surface area contributed by atoms with Gasteiger partial charge in [0, 0.05) is 18.7 Å². The Bertz CT molecular complexity index is 686. The van der Waals surface area contributed by atoms with E-state index in [-0.39, 0.29) is 5.91 Å². The maximum Gasteiger partial charge on any atom is 0.254 e. The first-order valence-corrected chi connectivity index (χ1v) is 7.95. The van der Waals surface area contributed by atoms with Crippen LogP contribution < -0.4 is 14.2 Å². The summed E-state index contributed by atoms with van der Waals surface area (Å²) in [6, 6.07) is 13.3. The summed E-state index contributed by atoms with van der Waals surface area (Å²) >= 11 is 0. The predicted molar refractivity (Wildman–Crippen MR) is 90.8 cm³/mol. The quantitative estimate of drug-likeness (QED) is 0.818. The van der Waals surface area contributed by atoms with Gasteiger partial charge in [-0.3, -0.25) is 4.79 Å². The molecule has 1 aliphatic heterocycles. The van der Waals surface area contributed by atoms with Crippen LogP contribution in [0.3, 0.4) is 0 Å². The maximum absolute atomic E-state index is 12.4. The Labute approximate surface area is 141 Å². The summed E-state index contributed by atoms with van der Waals surface area (Å²) in [6.45, 7) is 2.00. The molecule has 0 saturated carbocycles. The van der Waals surface area contributed by atoms with E-state index in [0.717, 1.165) is 25.1 Å². The molecule has 126 valence electrons. The van der Waals surface area contributed by atoms with Crippen LogP contribution in [-0.4, -0.2) is 38.1 Å². The summed E-state index contributed by atoms with van der Waals surface area (Å²) < 4.78 is 16.7. The standard InChI is InChI=1S/C19H21NO4/c1-22-16-11-15(19(21)20-9-6-10-20)12-17(23-2)18(16)24-13-14-7-4-3-5-8-14/h3-5,7-8,11-12H,6,9-10,13H2,1-2H3. The van der Waals surface area contributed by atoms with Crippen LogP contribution in [-0.2, 0) is 6.61 Å². The number of amides is 1. The van der Waals surface area contributed by atoms with E-state index in [0.29, 0.717) is 29.4 Å². The van der Waals surface area contributed by atoms with Gasteiger partial charge in [-0.25, -0.2) is 0 Å². The number of carbonyl (C=O) groups is 1. The molecular formula is C19H21NO4. The monoisotopic (exact) mass is 327 g/mol. The number of hydrogen-bond donors (Lipinski definition) is 0. The van der Waals surface area contributed by atoms with Crippen molar-refractivity contribution in [1.82, 2.24) is 4.90 Å². The second kappa shape index (κ2) is 7.25. The van der Waals surface area contributed by atoms with Crippen LogP contribution in [0.5, 0.6) is 17.2 Å². The molecule has 0 aromatic heterocycles. The maximum atomic E-state index is 12.4. The number of nitrogens with zero attached hydrogens (tertiary/aromatic N) is 1. The molecule has 1 aliphatic rings. The van der Waals surface area contributed by atoms with Crippen LogP contribution >= 0.6 is 0 Å². The van der Waals surface area contributed by atoms with Gasteiger partial charge in [0.25, 0.3) is 5.91 Å². The highest BCUT2D eigenvalue weighted by Gasteiger charge is 2.24. The van der Waals surface area contributed by atoms with Crippen molar-refractivity contribution in [2.24, 2.45) is 0 Å². The minimum Gasteiger partial charge on any atom is -0.493 e. The Morgan fingerprint density at radius 3 is 2.17 bits per heavy atom. The molecule has 24 heavy (non-hydrogen) atoms. The molecule has 1 heterocycles. The van der Waals surface area contributed by atoms with E-state index in [9.17, 15) is 4.79 Å². The van der Waals surface area contributed by atoms with Gasteiger partial charge in [0.15, 0.2) is 11.5 Å². The van der Waals surface area contributed by atoms with Crippen LogP contribution in [0.1, 0.15) is 22.3 Å². The minimum absolute atomic E-state index is 0.00698. The number of carbonyl (C=O) groups excluding carboxylic acids is 1. The molecule has 2 aromatic carbocycles. The molecule has 1 saturated heterocycles. The highest BCUT2D eigenvalue weighted by molar-refractivity contribution is 5.96. The van der Waals surface area contributed by atoms with Crippen LogP contribution in [0.4, 0.5) is 0 Å². The van der Waals surface area contributed by atoms with Crippen molar-refractivity contribution in [1.29, 1.82) is 0 Å². The van der Waals surface area contributed by atoms with Gasteiger partial charge >= 0.3 is 0 Å². The molecule has 0 atom stereocenters. The topological polar surface area (TPSA) is 48.0 Å². The minimum atomic E-state index is -0.00698. The zero-order valence-electron chi connectivity index (χ0n) is 14.0. The Hall–Kier alpha value is -2.69. The van der Waals surface area contributed by atoms with E-state index in [4.69, 9.17) is 14.2 Å². The van der Waals surface area contributed by atoms with E-state index >= 15 is 0 Å². The second-order valence-corrected chi connectivity index (χ2v) is 5.63. The molecular weight excluding hydrogens is 306 g/mol. The number of methoxy groups -OCH3 is 2. The highest BCUT2D eigenvalue weighted by Crippen LogP contribution is 2.39. The number of likely N-dealkylation sites (tertiary alicyclic amines) is 1. The van der Waals surface area contributed by atoms with Crippen LogP contribution in [0.15, 0.2) is 42.5 Å². The lowest BCUT2D eigenvalue weighted by Crippen LogP contribution is -2.42. The number of hydrogen-bond acceptors (Lipinski definition) is 4. The lowest BCUT2D eigenvalue weighted by atomic mass is 10.1. The van der Waals surface area contributed by atoms with Crippen molar-refractivity contribution < 1.29 is 19.0 Å². The van der Waals surface area contributed by atoms with Gasteiger partial charge in [0.2, 0.25) is 5.75 Å². The Kier molecular flexibility index (Phi) is 4.89. The number of benzene rings is 2. The van der Waals surface area contributed by atoms with Crippen LogP contribution in [0, 0.1) is 0 Å². The third-order valence-electron chi connectivity index (χ3n) is 4.08. The Balaban J connectivity index is 1.85. The third kappa shape index (κ3) is 3.30. The average Bonchev–Trinajstić information content (AvgIpc) is 2.58. The Morgan fingerprint density at radius 1 is 1.04 bits per heavy atom. The van der Waals surface area contributed by atoms with Gasteiger partial charge in [0.1, 0.15) is 6.61 Å². The molecule has 5 nitrogen and oxygen atoms in total. The average molecular weight is 327 g/mol. The van der Waals surface area contributed by atoms with E-state index in [2.05, 4.69) is 0 Å². The molecule has 0 spiro atoms. The normalized spacial score (nSPS) is 13.2. The first kappa shape index (κ1) is 16.2. The van der Waals surface area contributed by atoms with Crippen molar-refractivity contribution in [2.75, 3.05) is 27.3 Å². The van der Waals surface area contributed by atoms with Gasteiger partial charge < -0.3 is 19.1 Å². The number of rotatable bonds is 6. The van der Waals surface area contributed by atoms with Crippen molar-refractivity contribution in [3.63, 3.8) is 0 Å². The Morgan fingerprint density at radius 2 is 1.67 bits per heavy atom. The van der Waals surface area contributed by atoms with E-state index in [1.54, 1.807) is 31.3 Å². The largest absolute Gasteiger partial charge is 0.493 e. The van der Waals surface area contributed by atoms with E-state index < -0.39 is 0 Å². The molecule has 3 rings (SSSR count). The molecule has 0 aliphatic carbocycles. The first-order chi connectivity index (χ1) is 11.7. The third-order valence-corrected chi connectivity index (χ3v) is 4.08. The molecule has 0 N–H and O–H groups in total. The zero-order valence-corrected chi connectivity index (χ0v) is 14.0. The fraction of sp³-hybridized carbons (Fsp3) is 0.316. The van der Waals surface area contributed by atoms with Crippen molar-refractivity contribution in [3.8, 4) is 17.2 Å². The first-order valence-electron chi connectivity index (χ1n) is 7.95. The lowest BCUT2D eigenvalue weighted by Gasteiger charge is -2.31. The smallest absolute Gasteiger partial charge is 0.254 e. The van der Waals surface area contributed by atoms with Crippen molar-refractivity contribution in [2.45, 2.75) is 13.0 Å². The second-order valence-electron chi connectivity index (χ2n) is 5.63. The molecule has 1 fully saturated rings. The summed E-state index contributed by atoms with van der Waals surface area (Å²) in [5.41, 5.74) is 1.60. The molecule has 5 heteroatoms. The molecule has 0 unspecified atom stereocenters. The van der Waals surface area contributed by atoms with Crippen molar-refractivity contribution >= 4 is 5.91 Å². The highest BCUT2D eigenvalue weighted by atomic mass is 16.5. The van der Waals surface area contributed by atoms with E-state index in [1.807, 2.05) is 30.3 Å².